The number of sulfonamides is 1. The zero-order chi connectivity index (χ0) is 30.2. The largest absolute Gasteiger partial charge is 0.352 e. The quantitative estimate of drug-likeness (QED) is 0.275. The third-order valence-electron chi connectivity index (χ3n) is 6.75. The second-order valence-electron chi connectivity index (χ2n) is 10.7. The molecule has 0 aliphatic heterocycles. The highest BCUT2D eigenvalue weighted by Crippen LogP contribution is 2.25. The molecule has 0 radical (unpaired) electrons. The SMILES string of the molecule is Cc1ccc(C)c(N(CCCC(=O)N(Cc2ccc(Cl)cc2)C(Cc2ccccc2)C(=O)NC(C)C)S(C)(=O)=O)c1. The van der Waals surface area contributed by atoms with Crippen LogP contribution in [0.3, 0.4) is 0 Å². The van der Waals surface area contributed by atoms with Gasteiger partial charge in [-0.25, -0.2) is 8.42 Å². The van der Waals surface area contributed by atoms with Gasteiger partial charge in [-0.05, 0) is 74.6 Å². The van der Waals surface area contributed by atoms with Crippen LogP contribution in [-0.4, -0.2) is 50.0 Å². The number of amides is 2. The van der Waals surface area contributed by atoms with E-state index in [4.69, 9.17) is 11.6 Å². The summed E-state index contributed by atoms with van der Waals surface area (Å²) in [6, 6.07) is 21.6. The monoisotopic (exact) mass is 597 g/mol. The first-order chi connectivity index (χ1) is 19.3. The van der Waals surface area contributed by atoms with Crippen molar-refractivity contribution in [2.24, 2.45) is 0 Å². The molecule has 0 fully saturated rings. The van der Waals surface area contributed by atoms with E-state index >= 15 is 0 Å². The molecule has 0 saturated carbocycles. The normalized spacial score (nSPS) is 12.2. The summed E-state index contributed by atoms with van der Waals surface area (Å²) in [6.07, 6.45) is 1.89. The lowest BCUT2D eigenvalue weighted by Gasteiger charge is -2.32. The number of rotatable bonds is 13. The van der Waals surface area contributed by atoms with E-state index in [0.29, 0.717) is 23.6 Å². The smallest absolute Gasteiger partial charge is 0.243 e. The van der Waals surface area contributed by atoms with Crippen molar-refractivity contribution in [1.82, 2.24) is 10.2 Å². The lowest BCUT2D eigenvalue weighted by molar-refractivity contribution is -0.141. The van der Waals surface area contributed by atoms with Gasteiger partial charge in [-0.15, -0.1) is 0 Å². The highest BCUT2D eigenvalue weighted by molar-refractivity contribution is 7.92. The second-order valence-corrected chi connectivity index (χ2v) is 13.1. The Kier molecular flexibility index (Phi) is 11.4. The van der Waals surface area contributed by atoms with E-state index in [1.54, 1.807) is 17.0 Å². The van der Waals surface area contributed by atoms with E-state index in [0.717, 1.165) is 22.3 Å². The van der Waals surface area contributed by atoms with Gasteiger partial charge in [0.2, 0.25) is 21.8 Å². The van der Waals surface area contributed by atoms with Crippen molar-refractivity contribution in [3.8, 4) is 0 Å². The highest BCUT2D eigenvalue weighted by Gasteiger charge is 2.31. The molecule has 9 heteroatoms. The Morgan fingerprint density at radius 3 is 2.20 bits per heavy atom. The molecule has 3 aromatic carbocycles. The molecular formula is C32H40ClN3O4S. The second kappa shape index (κ2) is 14.5. The van der Waals surface area contributed by atoms with Crippen LogP contribution >= 0.6 is 11.6 Å². The van der Waals surface area contributed by atoms with Gasteiger partial charge in [0.1, 0.15) is 6.04 Å². The van der Waals surface area contributed by atoms with Crippen molar-refractivity contribution >= 4 is 39.1 Å². The average molecular weight is 598 g/mol. The molecule has 0 aliphatic rings. The Bertz CT molecular complexity index is 1430. The summed E-state index contributed by atoms with van der Waals surface area (Å²) in [6.45, 7) is 7.91. The van der Waals surface area contributed by atoms with Crippen molar-refractivity contribution < 1.29 is 18.0 Å². The molecule has 1 N–H and O–H groups in total. The van der Waals surface area contributed by atoms with Gasteiger partial charge < -0.3 is 10.2 Å². The Labute approximate surface area is 249 Å². The summed E-state index contributed by atoms with van der Waals surface area (Å²) in [5, 5.41) is 3.56. The maximum Gasteiger partial charge on any atom is 0.243 e. The fourth-order valence-electron chi connectivity index (χ4n) is 4.69. The maximum atomic E-state index is 13.9. The van der Waals surface area contributed by atoms with Gasteiger partial charge >= 0.3 is 0 Å². The molecule has 0 aromatic heterocycles. The van der Waals surface area contributed by atoms with Crippen LogP contribution in [0.25, 0.3) is 0 Å². The van der Waals surface area contributed by atoms with Crippen LogP contribution < -0.4 is 9.62 Å². The van der Waals surface area contributed by atoms with Gasteiger partial charge in [-0.2, -0.15) is 0 Å². The number of benzene rings is 3. The number of halogens is 1. The molecule has 0 bridgehead atoms. The van der Waals surface area contributed by atoms with E-state index in [2.05, 4.69) is 5.32 Å². The fourth-order valence-corrected chi connectivity index (χ4v) is 5.83. The number of hydrogen-bond acceptors (Lipinski definition) is 4. The van der Waals surface area contributed by atoms with Crippen LogP contribution in [0.2, 0.25) is 5.02 Å². The number of carbonyl (C=O) groups excluding carboxylic acids is 2. The van der Waals surface area contributed by atoms with Gasteiger partial charge in [0.15, 0.2) is 0 Å². The van der Waals surface area contributed by atoms with Gasteiger partial charge in [0.05, 0.1) is 11.9 Å². The highest BCUT2D eigenvalue weighted by atomic mass is 35.5. The van der Waals surface area contributed by atoms with Gasteiger partial charge in [0.25, 0.3) is 0 Å². The number of hydrogen-bond donors (Lipinski definition) is 1. The molecule has 0 saturated heterocycles. The third kappa shape index (κ3) is 9.61. The molecular weight excluding hydrogens is 558 g/mol. The van der Waals surface area contributed by atoms with Crippen LogP contribution in [0.15, 0.2) is 72.8 Å². The van der Waals surface area contributed by atoms with Crippen molar-refractivity contribution in [3.05, 3.63) is 100 Å². The lowest BCUT2D eigenvalue weighted by Crippen LogP contribution is -2.51. The molecule has 41 heavy (non-hydrogen) atoms. The fraction of sp³-hybridized carbons (Fsp3) is 0.375. The molecule has 0 heterocycles. The van der Waals surface area contributed by atoms with Crippen LogP contribution in [0, 0.1) is 13.8 Å². The minimum Gasteiger partial charge on any atom is -0.352 e. The number of anilines is 1. The van der Waals surface area contributed by atoms with Crippen molar-refractivity contribution in [3.63, 3.8) is 0 Å². The van der Waals surface area contributed by atoms with Crippen molar-refractivity contribution in [2.45, 2.75) is 65.6 Å². The zero-order valence-corrected chi connectivity index (χ0v) is 26.0. The lowest BCUT2D eigenvalue weighted by atomic mass is 10.0. The molecule has 1 atom stereocenters. The summed E-state index contributed by atoms with van der Waals surface area (Å²) < 4.78 is 26.8. The average Bonchev–Trinajstić information content (AvgIpc) is 2.90. The summed E-state index contributed by atoms with van der Waals surface area (Å²) in [5.41, 5.74) is 4.17. The maximum absolute atomic E-state index is 13.9. The number of nitrogens with one attached hydrogen (secondary N) is 1. The predicted molar refractivity (Wildman–Crippen MR) is 167 cm³/mol. The van der Waals surface area contributed by atoms with E-state index in [1.165, 1.54) is 10.6 Å². The molecule has 3 aromatic rings. The molecule has 0 spiro atoms. The van der Waals surface area contributed by atoms with Crippen LogP contribution in [-0.2, 0) is 32.6 Å². The third-order valence-corrected chi connectivity index (χ3v) is 8.19. The first-order valence-electron chi connectivity index (χ1n) is 13.8. The summed E-state index contributed by atoms with van der Waals surface area (Å²) in [4.78, 5) is 29.0. The van der Waals surface area contributed by atoms with E-state index in [9.17, 15) is 18.0 Å². The molecule has 7 nitrogen and oxygen atoms in total. The number of carbonyl (C=O) groups is 2. The number of nitrogens with zero attached hydrogens (tertiary/aromatic N) is 2. The summed E-state index contributed by atoms with van der Waals surface area (Å²) >= 11 is 6.10. The first kappa shape index (κ1) is 32.2. The van der Waals surface area contributed by atoms with Gasteiger partial charge in [-0.1, -0.05) is 66.2 Å². The van der Waals surface area contributed by atoms with Crippen LogP contribution in [0.1, 0.15) is 48.9 Å². The van der Waals surface area contributed by atoms with E-state index in [-0.39, 0.29) is 37.4 Å². The minimum atomic E-state index is -3.58. The Morgan fingerprint density at radius 1 is 0.927 bits per heavy atom. The van der Waals surface area contributed by atoms with Gasteiger partial charge in [0, 0.05) is 37.0 Å². The van der Waals surface area contributed by atoms with Crippen molar-refractivity contribution in [2.75, 3.05) is 17.1 Å². The van der Waals surface area contributed by atoms with Crippen molar-refractivity contribution in [1.29, 1.82) is 0 Å². The topological polar surface area (TPSA) is 86.8 Å². The van der Waals surface area contributed by atoms with Crippen LogP contribution in [0.4, 0.5) is 5.69 Å². The summed E-state index contributed by atoms with van der Waals surface area (Å²) in [5.74, 6) is -0.464. The van der Waals surface area contributed by atoms with E-state index < -0.39 is 16.1 Å². The first-order valence-corrected chi connectivity index (χ1v) is 16.0. The minimum absolute atomic E-state index is 0.0741. The molecule has 1 unspecified atom stereocenters. The molecule has 0 aliphatic carbocycles. The molecule has 2 amide bonds. The molecule has 220 valence electrons. The van der Waals surface area contributed by atoms with E-state index in [1.807, 2.05) is 88.4 Å². The Hall–Kier alpha value is -3.36. The van der Waals surface area contributed by atoms with Crippen LogP contribution in [0.5, 0.6) is 0 Å². The number of aryl methyl sites for hydroxylation is 2. The van der Waals surface area contributed by atoms with Gasteiger partial charge in [-0.3, -0.25) is 13.9 Å². The zero-order valence-electron chi connectivity index (χ0n) is 24.4. The molecule has 3 rings (SSSR count). The summed E-state index contributed by atoms with van der Waals surface area (Å²) in [7, 11) is -3.58. The predicted octanol–water partition coefficient (Wildman–Crippen LogP) is 5.67. The Morgan fingerprint density at radius 2 is 1.59 bits per heavy atom. The standard InChI is InChI=1S/C32H40ClN3O4S/c1-23(2)34-32(38)30(21-26-10-7-6-8-11-26)35(22-27-15-17-28(33)18-16-27)31(37)12-9-19-36(41(5,39)40)29-20-24(3)13-14-25(29)4/h6-8,10-11,13-18,20,23,30H,9,12,19,21-22H2,1-5H3,(H,34,38). The Balaban J connectivity index is 1.89.